The first kappa shape index (κ1) is 18.2. The number of aromatic nitrogens is 2. The zero-order chi connectivity index (χ0) is 19.1. The van der Waals surface area contributed by atoms with Gasteiger partial charge in [-0.1, -0.05) is 18.2 Å². The lowest BCUT2D eigenvalue weighted by molar-refractivity contribution is 0.0601. The Hall–Kier alpha value is -3.61. The van der Waals surface area contributed by atoms with E-state index in [4.69, 9.17) is 9.47 Å². The van der Waals surface area contributed by atoms with Crippen molar-refractivity contribution >= 4 is 23.4 Å². The van der Waals surface area contributed by atoms with Crippen LogP contribution < -0.4 is 15.4 Å². The van der Waals surface area contributed by atoms with Gasteiger partial charge in [-0.2, -0.15) is 4.98 Å². The second-order valence-electron chi connectivity index (χ2n) is 5.66. The van der Waals surface area contributed by atoms with Crippen LogP contribution in [0.4, 0.5) is 17.5 Å². The minimum atomic E-state index is -0.386. The molecular formula is C20H20N4O3. The van der Waals surface area contributed by atoms with E-state index in [2.05, 4.69) is 20.6 Å². The van der Waals surface area contributed by atoms with Crippen LogP contribution in [-0.4, -0.2) is 30.2 Å². The third-order valence-electron chi connectivity index (χ3n) is 3.82. The molecule has 0 saturated heterocycles. The fourth-order valence-electron chi connectivity index (χ4n) is 2.43. The Labute approximate surface area is 157 Å². The first-order valence-corrected chi connectivity index (χ1v) is 8.33. The van der Waals surface area contributed by atoms with Gasteiger partial charge in [-0.05, 0) is 42.0 Å². The van der Waals surface area contributed by atoms with E-state index in [9.17, 15) is 4.79 Å². The monoisotopic (exact) mass is 364 g/mol. The lowest BCUT2D eigenvalue weighted by Gasteiger charge is -2.09. The molecule has 0 unspecified atom stereocenters. The van der Waals surface area contributed by atoms with Gasteiger partial charge in [0.1, 0.15) is 11.6 Å². The molecule has 0 fully saturated rings. The number of hydrogen-bond donors (Lipinski definition) is 2. The van der Waals surface area contributed by atoms with Crippen molar-refractivity contribution < 1.29 is 14.3 Å². The Morgan fingerprint density at radius 2 is 1.89 bits per heavy atom. The van der Waals surface area contributed by atoms with E-state index < -0.39 is 0 Å². The summed E-state index contributed by atoms with van der Waals surface area (Å²) in [6.07, 6.45) is 1.66. The summed E-state index contributed by atoms with van der Waals surface area (Å²) in [7, 11) is 2.99. The van der Waals surface area contributed by atoms with Crippen molar-refractivity contribution in [2.75, 3.05) is 24.9 Å². The second kappa shape index (κ2) is 8.66. The normalized spacial score (nSPS) is 10.1. The van der Waals surface area contributed by atoms with E-state index in [1.165, 1.54) is 7.11 Å². The molecule has 0 atom stereocenters. The predicted molar refractivity (Wildman–Crippen MR) is 103 cm³/mol. The van der Waals surface area contributed by atoms with Gasteiger partial charge < -0.3 is 20.1 Å². The van der Waals surface area contributed by atoms with Crippen molar-refractivity contribution in [1.82, 2.24) is 9.97 Å². The summed E-state index contributed by atoms with van der Waals surface area (Å²) < 4.78 is 9.89. The minimum Gasteiger partial charge on any atom is -0.497 e. The quantitative estimate of drug-likeness (QED) is 0.619. The zero-order valence-electron chi connectivity index (χ0n) is 15.1. The van der Waals surface area contributed by atoms with Crippen LogP contribution >= 0.6 is 0 Å². The molecule has 0 bridgehead atoms. The number of hydrogen-bond acceptors (Lipinski definition) is 7. The number of nitrogens with one attached hydrogen (secondary N) is 2. The molecule has 138 valence electrons. The molecule has 27 heavy (non-hydrogen) atoms. The Kier molecular flexibility index (Phi) is 5.84. The maximum absolute atomic E-state index is 11.6. The number of ether oxygens (including phenoxy) is 2. The van der Waals surface area contributed by atoms with Gasteiger partial charge >= 0.3 is 5.97 Å². The molecule has 3 rings (SSSR count). The van der Waals surface area contributed by atoms with Crippen LogP contribution in [-0.2, 0) is 11.3 Å². The van der Waals surface area contributed by atoms with Crippen molar-refractivity contribution in [3.63, 3.8) is 0 Å². The third kappa shape index (κ3) is 4.94. The molecular weight excluding hydrogens is 344 g/mol. The van der Waals surface area contributed by atoms with Crippen LogP contribution in [0.3, 0.4) is 0 Å². The highest BCUT2D eigenvalue weighted by Crippen LogP contribution is 2.18. The molecule has 0 aliphatic rings. The average molecular weight is 364 g/mol. The minimum absolute atomic E-state index is 0.386. The Morgan fingerprint density at radius 1 is 1.07 bits per heavy atom. The Balaban J connectivity index is 1.65. The number of benzene rings is 2. The van der Waals surface area contributed by atoms with Crippen molar-refractivity contribution in [3.8, 4) is 5.75 Å². The Morgan fingerprint density at radius 3 is 2.63 bits per heavy atom. The van der Waals surface area contributed by atoms with Gasteiger partial charge in [-0.15, -0.1) is 0 Å². The first-order valence-electron chi connectivity index (χ1n) is 8.33. The summed E-state index contributed by atoms with van der Waals surface area (Å²) in [6, 6.07) is 16.5. The van der Waals surface area contributed by atoms with Gasteiger partial charge in [0.25, 0.3) is 0 Å². The lowest BCUT2D eigenvalue weighted by Crippen LogP contribution is -2.05. The number of anilines is 3. The number of esters is 1. The molecule has 2 aromatic carbocycles. The molecule has 2 N–H and O–H groups in total. The fourth-order valence-corrected chi connectivity index (χ4v) is 2.43. The molecule has 7 nitrogen and oxygen atoms in total. The topological polar surface area (TPSA) is 85.4 Å². The largest absolute Gasteiger partial charge is 0.497 e. The number of nitrogens with zero attached hydrogens (tertiary/aromatic N) is 2. The lowest BCUT2D eigenvalue weighted by atomic mass is 10.2. The van der Waals surface area contributed by atoms with Crippen molar-refractivity contribution in [3.05, 3.63) is 71.9 Å². The highest BCUT2D eigenvalue weighted by molar-refractivity contribution is 5.90. The third-order valence-corrected chi connectivity index (χ3v) is 3.82. The fraction of sp³-hybridized carbons (Fsp3) is 0.150. The molecule has 3 aromatic rings. The van der Waals surface area contributed by atoms with Gasteiger partial charge in [0.2, 0.25) is 5.95 Å². The van der Waals surface area contributed by atoms with Crippen LogP contribution in [0.15, 0.2) is 60.8 Å². The number of methoxy groups -OCH3 is 2. The molecule has 1 heterocycles. The van der Waals surface area contributed by atoms with Crippen molar-refractivity contribution in [1.29, 1.82) is 0 Å². The van der Waals surface area contributed by atoms with Gasteiger partial charge in [0.15, 0.2) is 0 Å². The first-order chi connectivity index (χ1) is 13.2. The highest BCUT2D eigenvalue weighted by atomic mass is 16.5. The maximum atomic E-state index is 11.6. The molecule has 0 aliphatic heterocycles. The average Bonchev–Trinajstić information content (AvgIpc) is 2.72. The summed E-state index contributed by atoms with van der Waals surface area (Å²) in [4.78, 5) is 20.3. The highest BCUT2D eigenvalue weighted by Gasteiger charge is 2.06. The van der Waals surface area contributed by atoms with Crippen LogP contribution in [0.1, 0.15) is 15.9 Å². The summed E-state index contributed by atoms with van der Waals surface area (Å²) in [5.41, 5.74) is 2.29. The van der Waals surface area contributed by atoms with Gasteiger partial charge in [-0.3, -0.25) is 0 Å². The SMILES string of the molecule is COC(=O)c1cccc(Nc2ccnc(NCc3ccc(OC)cc3)n2)c1. The van der Waals surface area contributed by atoms with E-state index >= 15 is 0 Å². The molecule has 1 aromatic heterocycles. The van der Waals surface area contributed by atoms with Crippen molar-refractivity contribution in [2.24, 2.45) is 0 Å². The molecule has 0 radical (unpaired) electrons. The standard InChI is InChI=1S/C20H20N4O3/c1-26-17-8-6-14(7-9-17)13-22-20-21-11-10-18(24-20)23-16-5-3-4-15(12-16)19(25)27-2/h3-12H,13H2,1-2H3,(H2,21,22,23,24). The van der Waals surface area contributed by atoms with Crippen LogP contribution in [0.25, 0.3) is 0 Å². The maximum Gasteiger partial charge on any atom is 0.337 e. The van der Waals surface area contributed by atoms with Crippen LogP contribution in [0, 0.1) is 0 Å². The van der Waals surface area contributed by atoms with Gasteiger partial charge in [0.05, 0.1) is 19.8 Å². The zero-order valence-corrected chi connectivity index (χ0v) is 15.1. The molecule has 7 heteroatoms. The van der Waals surface area contributed by atoms with Crippen LogP contribution in [0.5, 0.6) is 5.75 Å². The second-order valence-corrected chi connectivity index (χ2v) is 5.66. The number of rotatable bonds is 7. The predicted octanol–water partition coefficient (Wildman–Crippen LogP) is 3.63. The van der Waals surface area contributed by atoms with E-state index in [0.717, 1.165) is 17.0 Å². The van der Waals surface area contributed by atoms with Crippen LogP contribution in [0.2, 0.25) is 0 Å². The van der Waals surface area contributed by atoms with E-state index in [0.29, 0.717) is 23.9 Å². The molecule has 0 aliphatic carbocycles. The van der Waals surface area contributed by atoms with E-state index in [1.807, 2.05) is 30.3 Å². The Bertz CT molecular complexity index is 913. The summed E-state index contributed by atoms with van der Waals surface area (Å²) in [5, 5.41) is 6.35. The van der Waals surface area contributed by atoms with Gasteiger partial charge in [-0.25, -0.2) is 9.78 Å². The summed E-state index contributed by atoms with van der Waals surface area (Å²) in [5.74, 6) is 1.54. The molecule has 0 saturated carbocycles. The number of carbonyl (C=O) groups excluding carboxylic acids is 1. The van der Waals surface area contributed by atoms with Crippen molar-refractivity contribution in [2.45, 2.75) is 6.54 Å². The summed E-state index contributed by atoms with van der Waals surface area (Å²) >= 11 is 0. The van der Waals surface area contributed by atoms with Gasteiger partial charge in [0, 0.05) is 18.4 Å². The summed E-state index contributed by atoms with van der Waals surface area (Å²) in [6.45, 7) is 0.589. The van der Waals surface area contributed by atoms with E-state index in [-0.39, 0.29) is 5.97 Å². The smallest absolute Gasteiger partial charge is 0.337 e. The number of carbonyl (C=O) groups is 1. The molecule has 0 amide bonds. The van der Waals surface area contributed by atoms with E-state index in [1.54, 1.807) is 37.6 Å². The molecule has 0 spiro atoms.